The average Bonchev–Trinajstić information content (AvgIpc) is 2.68. The van der Waals surface area contributed by atoms with Crippen LogP contribution in [0.3, 0.4) is 0 Å². The van der Waals surface area contributed by atoms with Crippen LogP contribution in [-0.2, 0) is 32.1 Å². The van der Waals surface area contributed by atoms with Gasteiger partial charge in [0.1, 0.15) is 6.61 Å². The molecule has 2 aromatic rings. The molecule has 6 heteroatoms. The third kappa shape index (κ3) is 6.01. The lowest BCUT2D eigenvalue weighted by Crippen LogP contribution is -2.39. The average molecular weight is 386 g/mol. The molecule has 0 aliphatic carbocycles. The predicted octanol–water partition coefficient (Wildman–Crippen LogP) is 3.70. The lowest BCUT2D eigenvalue weighted by atomic mass is 10.1. The molecular formula is C22H26O6. The van der Waals surface area contributed by atoms with Gasteiger partial charge in [-0.2, -0.15) is 0 Å². The first-order valence-corrected chi connectivity index (χ1v) is 9.08. The zero-order valence-electron chi connectivity index (χ0n) is 16.7. The lowest BCUT2D eigenvalue weighted by Gasteiger charge is -2.25. The molecule has 0 bridgehead atoms. The number of rotatable bonds is 9. The Morgan fingerprint density at radius 3 is 2.29 bits per heavy atom. The molecule has 0 saturated heterocycles. The van der Waals surface area contributed by atoms with Crippen molar-refractivity contribution in [2.75, 3.05) is 13.7 Å². The summed E-state index contributed by atoms with van der Waals surface area (Å²) in [4.78, 5) is 24.1. The second kappa shape index (κ2) is 9.78. The van der Waals surface area contributed by atoms with E-state index in [2.05, 4.69) is 0 Å². The minimum Gasteiger partial charge on any atom is -0.493 e. The second-order valence-corrected chi connectivity index (χ2v) is 6.64. The molecule has 0 aliphatic heterocycles. The van der Waals surface area contributed by atoms with Crippen LogP contribution in [0.5, 0.6) is 11.5 Å². The first-order valence-electron chi connectivity index (χ1n) is 9.08. The number of hydrogen-bond acceptors (Lipinski definition) is 6. The summed E-state index contributed by atoms with van der Waals surface area (Å²) >= 11 is 0. The molecule has 28 heavy (non-hydrogen) atoms. The maximum Gasteiger partial charge on any atom is 0.349 e. The fraction of sp³-hybridized carbons (Fsp3) is 0.364. The van der Waals surface area contributed by atoms with E-state index in [0.29, 0.717) is 11.5 Å². The fourth-order valence-corrected chi connectivity index (χ4v) is 2.48. The Hall–Kier alpha value is -3.02. The van der Waals surface area contributed by atoms with Crippen LogP contribution < -0.4 is 9.47 Å². The maximum absolute atomic E-state index is 12.1. The van der Waals surface area contributed by atoms with Crippen LogP contribution in [0, 0.1) is 0 Å². The predicted molar refractivity (Wildman–Crippen MR) is 104 cm³/mol. The number of benzene rings is 2. The van der Waals surface area contributed by atoms with E-state index in [9.17, 15) is 9.59 Å². The van der Waals surface area contributed by atoms with Gasteiger partial charge in [-0.1, -0.05) is 36.4 Å². The van der Waals surface area contributed by atoms with Crippen LogP contribution in [0.1, 0.15) is 31.9 Å². The normalized spacial score (nSPS) is 10.9. The Kier molecular flexibility index (Phi) is 7.44. The maximum atomic E-state index is 12.1. The first-order chi connectivity index (χ1) is 13.4. The van der Waals surface area contributed by atoms with Crippen molar-refractivity contribution in [3.63, 3.8) is 0 Å². The van der Waals surface area contributed by atoms with Gasteiger partial charge in [0, 0.05) is 0 Å². The van der Waals surface area contributed by atoms with Crippen molar-refractivity contribution in [2.45, 2.75) is 39.4 Å². The van der Waals surface area contributed by atoms with E-state index in [1.54, 1.807) is 39.0 Å². The van der Waals surface area contributed by atoms with Crippen LogP contribution >= 0.6 is 0 Å². The lowest BCUT2D eigenvalue weighted by molar-refractivity contribution is -0.158. The van der Waals surface area contributed by atoms with Crippen molar-refractivity contribution in [2.24, 2.45) is 0 Å². The van der Waals surface area contributed by atoms with Crippen LogP contribution in [0.15, 0.2) is 48.5 Å². The van der Waals surface area contributed by atoms with E-state index >= 15 is 0 Å². The van der Waals surface area contributed by atoms with Crippen molar-refractivity contribution in [1.82, 2.24) is 0 Å². The number of carbonyl (C=O) groups is 2. The van der Waals surface area contributed by atoms with Crippen molar-refractivity contribution in [1.29, 1.82) is 0 Å². The van der Waals surface area contributed by atoms with Gasteiger partial charge < -0.3 is 18.9 Å². The van der Waals surface area contributed by atoms with E-state index in [0.717, 1.165) is 11.1 Å². The van der Waals surface area contributed by atoms with E-state index in [1.165, 1.54) is 7.11 Å². The Bertz CT molecular complexity index is 798. The topological polar surface area (TPSA) is 71.1 Å². The van der Waals surface area contributed by atoms with Gasteiger partial charge in [0.2, 0.25) is 0 Å². The summed E-state index contributed by atoms with van der Waals surface area (Å²) in [6.07, 6.45) is 0.102. The summed E-state index contributed by atoms with van der Waals surface area (Å²) in [6.45, 7) is 5.48. The number of hydrogen-bond donors (Lipinski definition) is 0. The molecule has 0 fully saturated rings. The van der Waals surface area contributed by atoms with Crippen molar-refractivity contribution < 1.29 is 28.5 Å². The summed E-state index contributed by atoms with van der Waals surface area (Å²) < 4.78 is 21.5. The zero-order valence-corrected chi connectivity index (χ0v) is 16.7. The smallest absolute Gasteiger partial charge is 0.349 e. The van der Waals surface area contributed by atoms with Gasteiger partial charge in [0.15, 0.2) is 17.1 Å². The van der Waals surface area contributed by atoms with Gasteiger partial charge in [-0.15, -0.1) is 0 Å². The van der Waals surface area contributed by atoms with Gasteiger partial charge in [0.25, 0.3) is 0 Å². The Morgan fingerprint density at radius 1 is 0.929 bits per heavy atom. The highest BCUT2D eigenvalue weighted by Gasteiger charge is 2.32. The fourth-order valence-electron chi connectivity index (χ4n) is 2.48. The molecular weight excluding hydrogens is 360 g/mol. The molecule has 0 aliphatic rings. The molecule has 0 radical (unpaired) electrons. The quantitative estimate of drug-likeness (QED) is 0.612. The molecule has 0 saturated carbocycles. The van der Waals surface area contributed by atoms with Gasteiger partial charge in [-0.05, 0) is 44.0 Å². The Labute approximate surface area is 165 Å². The highest BCUT2D eigenvalue weighted by molar-refractivity contribution is 5.79. The summed E-state index contributed by atoms with van der Waals surface area (Å²) in [5, 5.41) is 0. The molecule has 2 rings (SSSR count). The van der Waals surface area contributed by atoms with E-state index in [4.69, 9.17) is 18.9 Å². The van der Waals surface area contributed by atoms with Crippen LogP contribution in [0.25, 0.3) is 0 Å². The number of esters is 2. The number of carbonyl (C=O) groups excluding carboxylic acids is 2. The molecule has 6 nitrogen and oxygen atoms in total. The van der Waals surface area contributed by atoms with Crippen molar-refractivity contribution >= 4 is 11.9 Å². The van der Waals surface area contributed by atoms with Gasteiger partial charge in [-0.3, -0.25) is 4.79 Å². The second-order valence-electron chi connectivity index (χ2n) is 6.64. The largest absolute Gasteiger partial charge is 0.493 e. The SMILES string of the molecule is CCOC(=O)C(C)(C)Oc1ccc(CC(=O)OCc2ccccc2)cc1OC. The van der Waals surface area contributed by atoms with E-state index < -0.39 is 11.6 Å². The monoisotopic (exact) mass is 386 g/mol. The highest BCUT2D eigenvalue weighted by atomic mass is 16.6. The molecule has 2 aromatic carbocycles. The summed E-state index contributed by atoms with van der Waals surface area (Å²) in [5.41, 5.74) is 0.481. The first kappa shape index (κ1) is 21.3. The van der Waals surface area contributed by atoms with Gasteiger partial charge >= 0.3 is 11.9 Å². The molecule has 0 heterocycles. The third-order valence-electron chi connectivity index (χ3n) is 3.95. The molecule has 150 valence electrons. The standard InChI is InChI=1S/C22H26O6/c1-5-26-21(24)22(2,3)28-18-12-11-17(13-19(18)25-4)14-20(23)27-15-16-9-7-6-8-10-16/h6-13H,5,14-15H2,1-4H3. The molecule has 0 amide bonds. The minimum atomic E-state index is -1.17. The van der Waals surface area contributed by atoms with Crippen LogP contribution in [0.4, 0.5) is 0 Å². The van der Waals surface area contributed by atoms with Crippen molar-refractivity contribution in [3.05, 3.63) is 59.7 Å². The van der Waals surface area contributed by atoms with E-state index in [1.807, 2.05) is 30.3 Å². The molecule has 0 N–H and O–H groups in total. The molecule has 0 atom stereocenters. The Balaban J connectivity index is 2.01. The van der Waals surface area contributed by atoms with Gasteiger partial charge in [0.05, 0.1) is 20.1 Å². The van der Waals surface area contributed by atoms with Crippen LogP contribution in [0.2, 0.25) is 0 Å². The highest BCUT2D eigenvalue weighted by Crippen LogP contribution is 2.31. The van der Waals surface area contributed by atoms with E-state index in [-0.39, 0.29) is 25.6 Å². The molecule has 0 spiro atoms. The molecule has 0 unspecified atom stereocenters. The summed E-state index contributed by atoms with van der Waals surface area (Å²) in [6, 6.07) is 14.6. The Morgan fingerprint density at radius 2 is 1.64 bits per heavy atom. The van der Waals surface area contributed by atoms with Gasteiger partial charge in [-0.25, -0.2) is 4.79 Å². The molecule has 0 aromatic heterocycles. The zero-order chi connectivity index (χ0) is 20.6. The number of methoxy groups -OCH3 is 1. The summed E-state index contributed by atoms with van der Waals surface area (Å²) in [7, 11) is 1.50. The minimum absolute atomic E-state index is 0.102. The third-order valence-corrected chi connectivity index (χ3v) is 3.95. The summed E-state index contributed by atoms with van der Waals surface area (Å²) in [5.74, 6) is 0.00439. The van der Waals surface area contributed by atoms with Crippen LogP contribution in [-0.4, -0.2) is 31.3 Å². The van der Waals surface area contributed by atoms with Crippen molar-refractivity contribution in [3.8, 4) is 11.5 Å². The number of ether oxygens (including phenoxy) is 4.